The molecule has 0 unspecified atom stereocenters. The number of benzene rings is 2. The first kappa shape index (κ1) is 43.7. The lowest BCUT2D eigenvalue weighted by molar-refractivity contribution is -0.425. The van der Waals surface area contributed by atoms with Crippen molar-refractivity contribution in [3.63, 3.8) is 0 Å². The van der Waals surface area contributed by atoms with E-state index in [0.717, 1.165) is 0 Å². The highest BCUT2D eigenvalue weighted by Crippen LogP contribution is 2.66. The number of amides is 1. The molecular weight excluding hydrogens is 774 g/mol. The van der Waals surface area contributed by atoms with Gasteiger partial charge in [0.25, 0.3) is 0 Å². The van der Waals surface area contributed by atoms with Crippen LogP contribution in [0.4, 0.5) is 4.79 Å². The van der Waals surface area contributed by atoms with Gasteiger partial charge in [0, 0.05) is 24.7 Å². The van der Waals surface area contributed by atoms with Crippen molar-refractivity contribution in [2.45, 2.75) is 148 Å². The van der Waals surface area contributed by atoms with E-state index < -0.39 is 112 Å². The average molecular weight is 834 g/mol. The molecular formula is C46H59NO13. The lowest BCUT2D eigenvalue weighted by atomic mass is 9.45. The number of esters is 3. The Morgan fingerprint density at radius 1 is 0.883 bits per heavy atom. The monoisotopic (exact) mass is 833 g/mol. The minimum absolute atomic E-state index is 0.000815. The summed E-state index contributed by atoms with van der Waals surface area (Å²) in [6, 6.07) is 15.8. The first-order valence-electron chi connectivity index (χ1n) is 20.7. The zero-order valence-corrected chi connectivity index (χ0v) is 36.1. The van der Waals surface area contributed by atoms with Crippen LogP contribution in [0.25, 0.3) is 0 Å². The molecule has 2 aromatic rings. The molecule has 2 bridgehead atoms. The maximum absolute atomic E-state index is 14.4. The molecule has 14 nitrogen and oxygen atoms in total. The summed E-state index contributed by atoms with van der Waals surface area (Å²) in [4.78, 5) is 54.7. The lowest BCUT2D eigenvalue weighted by Gasteiger charge is -2.70. The number of carbonyl (C=O) groups excluding carboxylic acids is 4. The number of hydrogen-bond acceptors (Lipinski definition) is 13. The number of hydrogen-bond donors (Lipinski definition) is 3. The average Bonchev–Trinajstić information content (AvgIpc) is 3.15. The molecule has 0 aromatic heterocycles. The Labute approximate surface area is 351 Å². The number of aliphatic hydroxyl groups is 2. The summed E-state index contributed by atoms with van der Waals surface area (Å²) in [6.07, 6.45) is -8.00. The molecule has 60 heavy (non-hydrogen) atoms. The van der Waals surface area contributed by atoms with Gasteiger partial charge in [-0.1, -0.05) is 69.3 Å². The number of alkyl carbamates (subject to hydrolysis) is 1. The molecule has 2 heterocycles. The van der Waals surface area contributed by atoms with Crippen LogP contribution in [0, 0.1) is 22.7 Å². The molecule has 2 saturated heterocycles. The molecule has 3 aliphatic carbocycles. The Balaban J connectivity index is 1.35. The molecule has 3 N–H and O–H groups in total. The maximum Gasteiger partial charge on any atom is 0.408 e. The number of rotatable bonds is 8. The Hall–Kier alpha value is -4.34. The minimum atomic E-state index is -1.89. The van der Waals surface area contributed by atoms with Crippen LogP contribution < -0.4 is 5.32 Å². The van der Waals surface area contributed by atoms with Crippen LogP contribution in [0.2, 0.25) is 0 Å². The quantitative estimate of drug-likeness (QED) is 0.167. The predicted molar refractivity (Wildman–Crippen MR) is 215 cm³/mol. The van der Waals surface area contributed by atoms with Gasteiger partial charge in [-0.15, -0.1) is 0 Å². The first-order chi connectivity index (χ1) is 28.0. The second kappa shape index (κ2) is 15.5. The summed E-state index contributed by atoms with van der Waals surface area (Å²) in [5.74, 6) is -4.95. The normalized spacial score (nSPS) is 34.7. The fourth-order valence-corrected chi connectivity index (χ4v) is 10.9. The maximum atomic E-state index is 14.4. The van der Waals surface area contributed by atoms with Crippen LogP contribution in [-0.2, 0) is 42.7 Å². The number of fused-ring (bicyclic) bond motifs is 4. The van der Waals surface area contributed by atoms with Gasteiger partial charge in [-0.3, -0.25) is 4.79 Å². The van der Waals surface area contributed by atoms with Crippen molar-refractivity contribution in [3.8, 4) is 0 Å². The van der Waals surface area contributed by atoms with Crippen molar-refractivity contribution in [1.82, 2.24) is 5.32 Å². The fourth-order valence-electron chi connectivity index (χ4n) is 10.9. The summed E-state index contributed by atoms with van der Waals surface area (Å²) >= 11 is 0. The Bertz CT molecular complexity index is 2010. The summed E-state index contributed by atoms with van der Waals surface area (Å²) < 4.78 is 44.4. The van der Waals surface area contributed by atoms with Gasteiger partial charge in [-0.2, -0.15) is 0 Å². The number of ether oxygens (including phenoxy) is 7. The highest BCUT2D eigenvalue weighted by molar-refractivity contribution is 5.89. The molecule has 12 atom stereocenters. The summed E-state index contributed by atoms with van der Waals surface area (Å²) in [7, 11) is 0. The third-order valence-electron chi connectivity index (χ3n) is 13.4. The highest BCUT2D eigenvalue weighted by Gasteiger charge is 2.77. The van der Waals surface area contributed by atoms with E-state index in [2.05, 4.69) is 5.32 Å². The van der Waals surface area contributed by atoms with Gasteiger partial charge in [-0.05, 0) is 82.2 Å². The molecule has 14 heteroatoms. The number of carbonyl (C=O) groups is 4. The van der Waals surface area contributed by atoms with E-state index in [1.807, 2.05) is 20.8 Å². The Morgan fingerprint density at radius 3 is 2.10 bits per heavy atom. The van der Waals surface area contributed by atoms with E-state index in [1.165, 1.54) is 6.92 Å². The van der Waals surface area contributed by atoms with Gasteiger partial charge in [0.15, 0.2) is 17.5 Å². The van der Waals surface area contributed by atoms with Crippen LogP contribution in [0.1, 0.15) is 104 Å². The van der Waals surface area contributed by atoms with Crippen LogP contribution >= 0.6 is 0 Å². The topological polar surface area (TPSA) is 185 Å². The number of aliphatic hydroxyl groups excluding tert-OH is 2. The van der Waals surface area contributed by atoms with Gasteiger partial charge in [0.05, 0.1) is 36.3 Å². The molecule has 5 aliphatic rings. The second-order valence-electron chi connectivity index (χ2n) is 19.2. The van der Waals surface area contributed by atoms with E-state index in [9.17, 15) is 29.4 Å². The lowest BCUT2D eigenvalue weighted by Crippen LogP contribution is -2.82. The van der Waals surface area contributed by atoms with E-state index in [0.29, 0.717) is 28.7 Å². The minimum Gasteiger partial charge on any atom is -0.458 e. The summed E-state index contributed by atoms with van der Waals surface area (Å²) in [5.41, 5.74) is -2.47. The van der Waals surface area contributed by atoms with E-state index in [1.54, 1.807) is 102 Å². The third-order valence-corrected chi connectivity index (χ3v) is 13.4. The summed E-state index contributed by atoms with van der Waals surface area (Å²) in [5, 5.41) is 27.3. The molecule has 2 aromatic carbocycles. The van der Waals surface area contributed by atoms with E-state index >= 15 is 0 Å². The molecule has 1 amide bonds. The van der Waals surface area contributed by atoms with Crippen molar-refractivity contribution < 1.29 is 62.5 Å². The van der Waals surface area contributed by atoms with Crippen LogP contribution in [-0.4, -0.2) is 101 Å². The first-order valence-corrected chi connectivity index (χ1v) is 20.7. The Morgan fingerprint density at radius 2 is 1.52 bits per heavy atom. The van der Waals surface area contributed by atoms with Crippen LogP contribution in [0.3, 0.4) is 0 Å². The molecule has 0 radical (unpaired) electrons. The van der Waals surface area contributed by atoms with Crippen molar-refractivity contribution in [2.24, 2.45) is 22.7 Å². The highest BCUT2D eigenvalue weighted by atomic mass is 16.7. The van der Waals surface area contributed by atoms with Gasteiger partial charge in [0.2, 0.25) is 0 Å². The van der Waals surface area contributed by atoms with Gasteiger partial charge >= 0.3 is 24.0 Å². The van der Waals surface area contributed by atoms with Crippen molar-refractivity contribution in [3.05, 3.63) is 82.9 Å². The van der Waals surface area contributed by atoms with Crippen molar-refractivity contribution in [1.29, 1.82) is 0 Å². The largest absolute Gasteiger partial charge is 0.458 e. The molecule has 0 spiro atoms. The molecule has 7 rings (SSSR count). The number of nitrogens with one attached hydrogen (secondary N) is 1. The molecule has 4 fully saturated rings. The molecule has 326 valence electrons. The second-order valence-corrected chi connectivity index (χ2v) is 19.2. The molecule has 2 aliphatic heterocycles. The predicted octanol–water partition coefficient (Wildman–Crippen LogP) is 5.73. The third kappa shape index (κ3) is 7.63. The van der Waals surface area contributed by atoms with Crippen LogP contribution in [0.15, 0.2) is 71.8 Å². The Kier molecular flexibility index (Phi) is 11.3. The zero-order valence-electron chi connectivity index (χ0n) is 36.1. The zero-order chi connectivity index (χ0) is 43.7. The molecule has 2 saturated carbocycles. The smallest absolute Gasteiger partial charge is 0.408 e. The van der Waals surface area contributed by atoms with Gasteiger partial charge in [0.1, 0.15) is 30.0 Å². The summed E-state index contributed by atoms with van der Waals surface area (Å²) in [6.45, 7) is 17.6. The van der Waals surface area contributed by atoms with E-state index in [-0.39, 0.29) is 13.0 Å². The van der Waals surface area contributed by atoms with Crippen molar-refractivity contribution >= 4 is 24.0 Å². The fraction of sp³-hybridized carbons (Fsp3) is 0.609. The standard InChI is InChI=1S/C46H59NO13/c1-24-29(55-40(52)35(50)33(26-17-13-11-14-18-26)47-41(53)60-42(3,4)5)21-28-36(56-39(51)27-19-15-12-16-20-27)37-45(10)30(22-31-46(37,23-54-31)57-25(2)48)58-44(8,9)59-38(45)34(49)32(24)43(28,6)7/h11-20,28-31,33-38,49-50H,21-23H2,1-10H3,(H,47,53)/t28-,29-,30-,31+,33-,34+,35+,36+,37-,38-,45+,46-/m0/s1. The van der Waals surface area contributed by atoms with E-state index in [4.69, 9.17) is 33.2 Å². The van der Waals surface area contributed by atoms with Gasteiger partial charge < -0.3 is 48.7 Å². The SMILES string of the molecule is CC(=O)O[C@@]12CO[C@@H]1C[C@@H]1OC(C)(C)O[C@H]3[C@H](O)C4=C(C)[C@@H](OC(=O)[C@H](O)[C@@H](NC(=O)OC(C)(C)C)c5ccccc5)C[C@@H]([C@@H](OC(=O)c5ccccc5)[C@H]2[C@@]13C)C4(C)C. The van der Waals surface area contributed by atoms with Crippen LogP contribution in [0.5, 0.6) is 0 Å². The van der Waals surface area contributed by atoms with Gasteiger partial charge in [-0.25, -0.2) is 14.4 Å². The van der Waals surface area contributed by atoms with Crippen molar-refractivity contribution in [2.75, 3.05) is 6.61 Å².